The maximum atomic E-state index is 12.5. The van der Waals surface area contributed by atoms with Crippen LogP contribution in [0.5, 0.6) is 5.75 Å². The van der Waals surface area contributed by atoms with Crippen LogP contribution in [-0.4, -0.2) is 30.8 Å². The summed E-state index contributed by atoms with van der Waals surface area (Å²) in [6, 6.07) is 11.9. The zero-order valence-corrected chi connectivity index (χ0v) is 16.0. The molecule has 3 rings (SSSR count). The van der Waals surface area contributed by atoms with E-state index in [9.17, 15) is 13.5 Å². The highest BCUT2D eigenvalue weighted by atomic mass is 32.2. The summed E-state index contributed by atoms with van der Waals surface area (Å²) in [5, 5.41) is 9.74. The lowest BCUT2D eigenvalue weighted by molar-refractivity contribution is 0.467. The Bertz CT molecular complexity index is 984. The van der Waals surface area contributed by atoms with Crippen LogP contribution < -0.4 is 4.72 Å². The van der Waals surface area contributed by atoms with E-state index in [-0.39, 0.29) is 17.2 Å². The normalized spacial score (nSPS) is 11.9. The largest absolute Gasteiger partial charge is 0.508 e. The molecule has 0 aliphatic heterocycles. The molecule has 2 N–H and O–H groups in total. The van der Waals surface area contributed by atoms with Crippen LogP contribution in [0.25, 0.3) is 10.2 Å². The molecule has 132 valence electrons. The van der Waals surface area contributed by atoms with Crippen LogP contribution >= 0.6 is 23.1 Å². The van der Waals surface area contributed by atoms with Gasteiger partial charge in [0.2, 0.25) is 10.0 Å². The Hall–Kier alpha value is -1.61. The highest BCUT2D eigenvalue weighted by Gasteiger charge is 2.15. The lowest BCUT2D eigenvalue weighted by Gasteiger charge is -2.08. The predicted molar refractivity (Wildman–Crippen MR) is 103 cm³/mol. The van der Waals surface area contributed by atoms with Crippen molar-refractivity contribution in [2.75, 3.05) is 12.3 Å². The van der Waals surface area contributed by atoms with Crippen molar-refractivity contribution >= 4 is 43.3 Å². The summed E-state index contributed by atoms with van der Waals surface area (Å²) in [6.07, 6.45) is 0.423. The number of aromatic hydroxyl groups is 1. The molecule has 0 aliphatic carbocycles. The molecule has 0 unspecified atom stereocenters. The summed E-state index contributed by atoms with van der Waals surface area (Å²) in [4.78, 5) is 4.71. The summed E-state index contributed by atoms with van der Waals surface area (Å²) >= 11 is 3.15. The van der Waals surface area contributed by atoms with Crippen LogP contribution in [0, 0.1) is 0 Å². The number of thiazole rings is 1. The van der Waals surface area contributed by atoms with Crippen molar-refractivity contribution in [3.05, 3.63) is 48.0 Å². The van der Waals surface area contributed by atoms with Crippen LogP contribution in [0.15, 0.2) is 51.7 Å². The molecule has 1 heterocycles. The van der Waals surface area contributed by atoms with Gasteiger partial charge in [-0.3, -0.25) is 0 Å². The van der Waals surface area contributed by atoms with E-state index in [1.165, 1.54) is 11.3 Å². The second-order valence-electron chi connectivity index (χ2n) is 5.32. The molecule has 8 heteroatoms. The van der Waals surface area contributed by atoms with Crippen molar-refractivity contribution in [1.29, 1.82) is 0 Å². The Morgan fingerprint density at radius 1 is 1.24 bits per heavy atom. The number of para-hydroxylation sites is 1. The minimum Gasteiger partial charge on any atom is -0.508 e. The summed E-state index contributed by atoms with van der Waals surface area (Å²) in [7, 11) is -3.60. The number of hydrogen-bond donors (Lipinski definition) is 2. The number of aromatic nitrogens is 1. The monoisotopic (exact) mass is 394 g/mol. The fraction of sp³-hybridized carbons (Fsp3) is 0.235. The van der Waals surface area contributed by atoms with Gasteiger partial charge in [-0.2, -0.15) is 0 Å². The van der Waals surface area contributed by atoms with Gasteiger partial charge in [-0.1, -0.05) is 36.9 Å². The highest BCUT2D eigenvalue weighted by molar-refractivity contribution is 8.01. The van der Waals surface area contributed by atoms with Gasteiger partial charge in [-0.05, 0) is 42.0 Å². The third-order valence-electron chi connectivity index (χ3n) is 3.60. The van der Waals surface area contributed by atoms with E-state index in [1.807, 2.05) is 6.07 Å². The van der Waals surface area contributed by atoms with E-state index in [4.69, 9.17) is 0 Å². The van der Waals surface area contributed by atoms with Crippen LogP contribution in [0.2, 0.25) is 0 Å². The molecular weight excluding hydrogens is 376 g/mol. The Kier molecular flexibility index (Phi) is 5.63. The Morgan fingerprint density at radius 3 is 2.80 bits per heavy atom. The maximum absolute atomic E-state index is 12.5. The fourth-order valence-electron chi connectivity index (χ4n) is 2.36. The van der Waals surface area contributed by atoms with E-state index in [0.717, 1.165) is 20.3 Å². The zero-order chi connectivity index (χ0) is 17.9. The second-order valence-corrected chi connectivity index (χ2v) is 9.63. The average molecular weight is 395 g/mol. The first-order valence-corrected chi connectivity index (χ1v) is 11.1. The molecule has 0 saturated carbocycles. The van der Waals surface area contributed by atoms with Crippen molar-refractivity contribution in [2.24, 2.45) is 0 Å². The molecule has 0 spiro atoms. The van der Waals surface area contributed by atoms with Gasteiger partial charge in [0.15, 0.2) is 4.34 Å². The Balaban J connectivity index is 1.73. The minimum absolute atomic E-state index is 0.175. The third-order valence-corrected chi connectivity index (χ3v) is 7.10. The number of fused-ring (bicyclic) bond motifs is 1. The Labute approximate surface area is 155 Å². The van der Waals surface area contributed by atoms with Crippen molar-refractivity contribution in [2.45, 2.75) is 22.6 Å². The molecule has 0 atom stereocenters. The third kappa shape index (κ3) is 4.33. The molecule has 0 saturated heterocycles. The number of sulfonamides is 1. The fourth-order valence-corrected chi connectivity index (χ4v) is 5.50. The van der Waals surface area contributed by atoms with Crippen molar-refractivity contribution in [1.82, 2.24) is 9.71 Å². The van der Waals surface area contributed by atoms with Gasteiger partial charge in [0, 0.05) is 6.54 Å². The molecule has 3 aromatic rings. The topological polar surface area (TPSA) is 79.3 Å². The molecule has 0 radical (unpaired) electrons. The van der Waals surface area contributed by atoms with Gasteiger partial charge in [0.05, 0.1) is 15.1 Å². The van der Waals surface area contributed by atoms with Gasteiger partial charge in [0.25, 0.3) is 0 Å². The average Bonchev–Trinajstić information content (AvgIpc) is 2.98. The molecule has 0 aliphatic rings. The van der Waals surface area contributed by atoms with E-state index in [1.54, 1.807) is 48.2 Å². The number of nitrogens with zero attached hydrogens (tertiary/aromatic N) is 1. The van der Waals surface area contributed by atoms with E-state index < -0.39 is 10.0 Å². The van der Waals surface area contributed by atoms with Gasteiger partial charge in [-0.25, -0.2) is 18.1 Å². The number of hydrogen-bond acceptors (Lipinski definition) is 6. The molecule has 0 fully saturated rings. The SMILES string of the molecule is CCSc1nc2ccc(S(=O)(=O)NCCc3ccccc3O)cc2s1. The molecule has 2 aromatic carbocycles. The summed E-state index contributed by atoms with van der Waals surface area (Å²) in [5.74, 6) is 1.10. The number of nitrogens with one attached hydrogen (secondary N) is 1. The van der Waals surface area contributed by atoms with Crippen molar-refractivity contribution < 1.29 is 13.5 Å². The number of benzene rings is 2. The van der Waals surface area contributed by atoms with Crippen LogP contribution in [0.3, 0.4) is 0 Å². The lowest BCUT2D eigenvalue weighted by Crippen LogP contribution is -2.26. The zero-order valence-electron chi connectivity index (χ0n) is 13.6. The van der Waals surface area contributed by atoms with Crippen molar-refractivity contribution in [3.8, 4) is 5.75 Å². The number of thioether (sulfide) groups is 1. The van der Waals surface area contributed by atoms with Gasteiger partial charge >= 0.3 is 0 Å². The number of phenols is 1. The summed E-state index contributed by atoms with van der Waals surface area (Å²) in [5.41, 5.74) is 1.53. The second kappa shape index (κ2) is 7.74. The lowest BCUT2D eigenvalue weighted by atomic mass is 10.1. The minimum atomic E-state index is -3.60. The first-order chi connectivity index (χ1) is 12.0. The summed E-state index contributed by atoms with van der Waals surface area (Å²) in [6.45, 7) is 2.28. The molecule has 25 heavy (non-hydrogen) atoms. The molecule has 0 amide bonds. The number of rotatable bonds is 7. The Morgan fingerprint density at radius 2 is 2.04 bits per heavy atom. The smallest absolute Gasteiger partial charge is 0.240 e. The predicted octanol–water partition coefficient (Wildman–Crippen LogP) is 3.63. The van der Waals surface area contributed by atoms with Crippen LogP contribution in [0.1, 0.15) is 12.5 Å². The first-order valence-electron chi connectivity index (χ1n) is 7.79. The highest BCUT2D eigenvalue weighted by Crippen LogP contribution is 2.30. The van der Waals surface area contributed by atoms with Gasteiger partial charge in [-0.15, -0.1) is 11.3 Å². The molecule has 5 nitrogen and oxygen atoms in total. The summed E-state index contributed by atoms with van der Waals surface area (Å²) < 4.78 is 29.4. The standard InChI is InChI=1S/C17H18N2O3S3/c1-2-23-17-19-14-8-7-13(11-16(14)24-17)25(21,22)18-10-9-12-5-3-4-6-15(12)20/h3-8,11,18,20H,2,9-10H2,1H3. The van der Waals surface area contributed by atoms with Gasteiger partial charge < -0.3 is 5.11 Å². The van der Waals surface area contributed by atoms with Crippen LogP contribution in [0.4, 0.5) is 0 Å². The van der Waals surface area contributed by atoms with E-state index in [0.29, 0.717) is 12.0 Å². The maximum Gasteiger partial charge on any atom is 0.240 e. The van der Waals surface area contributed by atoms with Gasteiger partial charge in [0.1, 0.15) is 5.75 Å². The van der Waals surface area contributed by atoms with Crippen molar-refractivity contribution in [3.63, 3.8) is 0 Å². The molecule has 1 aromatic heterocycles. The van der Waals surface area contributed by atoms with E-state index >= 15 is 0 Å². The molecule has 0 bridgehead atoms. The van der Waals surface area contributed by atoms with Crippen LogP contribution in [-0.2, 0) is 16.4 Å². The molecular formula is C17H18N2O3S3. The quantitative estimate of drug-likeness (QED) is 0.598. The number of phenolic OH excluding ortho intramolecular Hbond substituents is 1. The van der Waals surface area contributed by atoms with E-state index in [2.05, 4.69) is 16.6 Å². The first kappa shape index (κ1) is 18.2.